The Labute approximate surface area is 94.6 Å². The van der Waals surface area contributed by atoms with Crippen LogP contribution < -0.4 is 11.3 Å². The Morgan fingerprint density at radius 3 is 2.69 bits per heavy atom. The van der Waals surface area contributed by atoms with E-state index in [1.807, 2.05) is 6.07 Å². The van der Waals surface area contributed by atoms with E-state index in [2.05, 4.69) is 10.4 Å². The summed E-state index contributed by atoms with van der Waals surface area (Å²) in [6.07, 6.45) is 2.30. The summed E-state index contributed by atoms with van der Waals surface area (Å²) in [5.74, 6) is 6.37. The SMILES string of the molecule is CN(C)C(=O)c1cc(NN)nc(C2CC2)c1. The van der Waals surface area contributed by atoms with E-state index >= 15 is 0 Å². The number of hydrogen-bond donors (Lipinski definition) is 2. The maximum atomic E-state index is 11.8. The second kappa shape index (κ2) is 4.09. The number of nitrogens with two attached hydrogens (primary N) is 1. The van der Waals surface area contributed by atoms with Gasteiger partial charge in [0.2, 0.25) is 0 Å². The molecule has 3 N–H and O–H groups in total. The van der Waals surface area contributed by atoms with Gasteiger partial charge in [-0.3, -0.25) is 4.79 Å². The maximum absolute atomic E-state index is 11.8. The van der Waals surface area contributed by atoms with E-state index in [-0.39, 0.29) is 5.91 Å². The molecule has 0 saturated heterocycles. The molecule has 5 heteroatoms. The molecule has 0 bridgehead atoms. The van der Waals surface area contributed by atoms with Crippen LogP contribution >= 0.6 is 0 Å². The van der Waals surface area contributed by atoms with Crippen LogP contribution in [0.4, 0.5) is 5.82 Å². The summed E-state index contributed by atoms with van der Waals surface area (Å²) >= 11 is 0. The molecule has 1 saturated carbocycles. The minimum atomic E-state index is -0.0270. The molecule has 0 unspecified atom stereocenters. The minimum absolute atomic E-state index is 0.0270. The molecular weight excluding hydrogens is 204 g/mol. The van der Waals surface area contributed by atoms with Crippen molar-refractivity contribution in [3.8, 4) is 0 Å². The Kier molecular flexibility index (Phi) is 2.78. The molecule has 0 spiro atoms. The van der Waals surface area contributed by atoms with Crippen molar-refractivity contribution in [2.45, 2.75) is 18.8 Å². The molecule has 0 aliphatic heterocycles. The van der Waals surface area contributed by atoms with Gasteiger partial charge in [-0.2, -0.15) is 0 Å². The van der Waals surface area contributed by atoms with Gasteiger partial charge in [0.05, 0.1) is 0 Å². The molecule has 0 aromatic carbocycles. The molecule has 86 valence electrons. The Bertz CT molecular complexity index is 412. The fraction of sp³-hybridized carbons (Fsp3) is 0.455. The summed E-state index contributed by atoms with van der Waals surface area (Å²) in [4.78, 5) is 17.7. The van der Waals surface area contributed by atoms with Crippen molar-refractivity contribution < 1.29 is 4.79 Å². The fourth-order valence-electron chi connectivity index (χ4n) is 1.60. The number of carbonyl (C=O) groups excluding carboxylic acids is 1. The molecule has 1 heterocycles. The number of nitrogen functional groups attached to an aromatic ring is 1. The number of aromatic nitrogens is 1. The van der Waals surface area contributed by atoms with Gasteiger partial charge in [0.1, 0.15) is 5.82 Å². The largest absolute Gasteiger partial charge is 0.345 e. The van der Waals surface area contributed by atoms with Crippen molar-refractivity contribution in [2.75, 3.05) is 19.5 Å². The van der Waals surface area contributed by atoms with E-state index in [0.29, 0.717) is 17.3 Å². The second-order valence-corrected chi connectivity index (χ2v) is 4.28. The summed E-state index contributed by atoms with van der Waals surface area (Å²) < 4.78 is 0. The summed E-state index contributed by atoms with van der Waals surface area (Å²) in [6.45, 7) is 0. The third kappa shape index (κ3) is 2.14. The van der Waals surface area contributed by atoms with Crippen LogP contribution in [0.5, 0.6) is 0 Å². The van der Waals surface area contributed by atoms with Gasteiger partial charge in [-0.05, 0) is 25.0 Å². The zero-order valence-electron chi connectivity index (χ0n) is 9.53. The molecule has 1 aromatic heterocycles. The van der Waals surface area contributed by atoms with Crippen LogP contribution in [0.1, 0.15) is 34.8 Å². The van der Waals surface area contributed by atoms with Crippen molar-refractivity contribution in [3.63, 3.8) is 0 Å². The smallest absolute Gasteiger partial charge is 0.253 e. The molecule has 16 heavy (non-hydrogen) atoms. The maximum Gasteiger partial charge on any atom is 0.253 e. The first kappa shape index (κ1) is 10.9. The Morgan fingerprint density at radius 1 is 1.50 bits per heavy atom. The number of carbonyl (C=O) groups is 1. The Balaban J connectivity index is 2.36. The van der Waals surface area contributed by atoms with Crippen LogP contribution in [-0.2, 0) is 0 Å². The molecular formula is C11H16N4O. The lowest BCUT2D eigenvalue weighted by atomic mass is 10.1. The minimum Gasteiger partial charge on any atom is -0.345 e. The topological polar surface area (TPSA) is 71.2 Å². The van der Waals surface area contributed by atoms with E-state index in [1.54, 1.807) is 25.1 Å². The predicted octanol–water partition coefficient (Wildman–Crippen LogP) is 0.946. The van der Waals surface area contributed by atoms with Crippen molar-refractivity contribution >= 4 is 11.7 Å². The van der Waals surface area contributed by atoms with Crippen LogP contribution in [0, 0.1) is 0 Å². The lowest BCUT2D eigenvalue weighted by Gasteiger charge is -2.12. The molecule has 1 amide bonds. The summed E-state index contributed by atoms with van der Waals surface area (Å²) in [5, 5.41) is 0. The number of pyridine rings is 1. The highest BCUT2D eigenvalue weighted by atomic mass is 16.2. The van der Waals surface area contributed by atoms with Crippen LogP contribution in [0.15, 0.2) is 12.1 Å². The quantitative estimate of drug-likeness (QED) is 0.587. The van der Waals surface area contributed by atoms with Crippen molar-refractivity contribution in [3.05, 3.63) is 23.4 Å². The molecule has 1 aromatic rings. The zero-order valence-corrected chi connectivity index (χ0v) is 9.53. The normalized spacial score (nSPS) is 14.7. The van der Waals surface area contributed by atoms with Gasteiger partial charge < -0.3 is 10.3 Å². The van der Waals surface area contributed by atoms with E-state index in [9.17, 15) is 4.79 Å². The summed E-state index contributed by atoms with van der Waals surface area (Å²) in [5.41, 5.74) is 4.10. The van der Waals surface area contributed by atoms with Gasteiger partial charge >= 0.3 is 0 Å². The van der Waals surface area contributed by atoms with Gasteiger partial charge in [-0.25, -0.2) is 10.8 Å². The molecule has 1 aliphatic carbocycles. The number of nitrogens with one attached hydrogen (secondary N) is 1. The van der Waals surface area contributed by atoms with Crippen LogP contribution in [0.3, 0.4) is 0 Å². The van der Waals surface area contributed by atoms with Gasteiger partial charge in [-0.1, -0.05) is 0 Å². The van der Waals surface area contributed by atoms with Gasteiger partial charge in [0, 0.05) is 31.3 Å². The zero-order chi connectivity index (χ0) is 11.7. The molecule has 0 atom stereocenters. The number of nitrogens with zero attached hydrogens (tertiary/aromatic N) is 2. The monoisotopic (exact) mass is 220 g/mol. The van der Waals surface area contributed by atoms with Gasteiger partial charge in [0.25, 0.3) is 5.91 Å². The Morgan fingerprint density at radius 2 is 2.19 bits per heavy atom. The highest BCUT2D eigenvalue weighted by Crippen LogP contribution is 2.39. The van der Waals surface area contributed by atoms with Gasteiger partial charge in [-0.15, -0.1) is 0 Å². The number of amides is 1. The standard InChI is InChI=1S/C11H16N4O/c1-15(2)11(16)8-5-9(7-3-4-7)13-10(6-8)14-12/h5-7H,3-4,12H2,1-2H3,(H,13,14). The first-order chi connectivity index (χ1) is 7.61. The van der Waals surface area contributed by atoms with Crippen LogP contribution in [0.2, 0.25) is 0 Å². The number of hydrazine groups is 1. The average molecular weight is 220 g/mol. The fourth-order valence-corrected chi connectivity index (χ4v) is 1.60. The summed E-state index contributed by atoms with van der Waals surface area (Å²) in [6, 6.07) is 3.54. The lowest BCUT2D eigenvalue weighted by Crippen LogP contribution is -2.22. The summed E-state index contributed by atoms with van der Waals surface area (Å²) in [7, 11) is 3.46. The van der Waals surface area contributed by atoms with Crippen molar-refractivity contribution in [1.82, 2.24) is 9.88 Å². The molecule has 2 rings (SSSR count). The highest BCUT2D eigenvalue weighted by molar-refractivity contribution is 5.94. The lowest BCUT2D eigenvalue weighted by molar-refractivity contribution is 0.0827. The predicted molar refractivity (Wildman–Crippen MR) is 62.0 cm³/mol. The van der Waals surface area contributed by atoms with Crippen LogP contribution in [-0.4, -0.2) is 29.9 Å². The first-order valence-electron chi connectivity index (χ1n) is 5.32. The van der Waals surface area contributed by atoms with E-state index in [0.717, 1.165) is 18.5 Å². The Hall–Kier alpha value is -1.62. The number of rotatable bonds is 3. The molecule has 0 radical (unpaired) electrons. The number of anilines is 1. The van der Waals surface area contributed by atoms with Crippen molar-refractivity contribution in [1.29, 1.82) is 0 Å². The highest BCUT2D eigenvalue weighted by Gasteiger charge is 2.26. The molecule has 1 aliphatic rings. The molecule has 1 fully saturated rings. The molecule has 5 nitrogen and oxygen atoms in total. The van der Waals surface area contributed by atoms with E-state index in [4.69, 9.17) is 5.84 Å². The van der Waals surface area contributed by atoms with Crippen molar-refractivity contribution in [2.24, 2.45) is 5.84 Å². The van der Waals surface area contributed by atoms with Crippen LogP contribution in [0.25, 0.3) is 0 Å². The van der Waals surface area contributed by atoms with Gasteiger partial charge in [0.15, 0.2) is 0 Å². The van der Waals surface area contributed by atoms with E-state index in [1.165, 1.54) is 0 Å². The second-order valence-electron chi connectivity index (χ2n) is 4.28. The average Bonchev–Trinajstić information content (AvgIpc) is 3.11. The third-order valence-corrected chi connectivity index (χ3v) is 2.64. The number of hydrogen-bond acceptors (Lipinski definition) is 4. The first-order valence-corrected chi connectivity index (χ1v) is 5.32. The third-order valence-electron chi connectivity index (χ3n) is 2.64. The van der Waals surface area contributed by atoms with E-state index < -0.39 is 0 Å².